The molecule has 1 aromatic heterocycles. The third kappa shape index (κ3) is 3.31. The number of nitrogens with zero attached hydrogens (tertiary/aromatic N) is 2. The Morgan fingerprint density at radius 2 is 2.37 bits per heavy atom. The summed E-state index contributed by atoms with van der Waals surface area (Å²) < 4.78 is 1.68. The topological polar surface area (TPSA) is 97.4 Å². The first-order chi connectivity index (χ1) is 8.99. The fourth-order valence-corrected chi connectivity index (χ4v) is 1.89. The number of aromatic nitrogens is 1. The van der Waals surface area contributed by atoms with Crippen molar-refractivity contribution in [2.24, 2.45) is 0 Å². The van der Waals surface area contributed by atoms with Crippen molar-refractivity contribution in [2.45, 2.75) is 38.3 Å². The summed E-state index contributed by atoms with van der Waals surface area (Å²) in [6.07, 6.45) is 3.28. The van der Waals surface area contributed by atoms with E-state index < -0.39 is 11.0 Å². The Morgan fingerprint density at radius 1 is 1.68 bits per heavy atom. The van der Waals surface area contributed by atoms with Gasteiger partial charge in [-0.3, -0.25) is 14.9 Å². The van der Waals surface area contributed by atoms with E-state index in [1.165, 1.54) is 12.3 Å². The highest BCUT2D eigenvalue weighted by Gasteiger charge is 2.30. The molecule has 7 heteroatoms. The maximum atomic E-state index is 12.0. The van der Waals surface area contributed by atoms with Crippen LogP contribution in [0.4, 0.5) is 5.69 Å². The second kappa shape index (κ2) is 5.40. The number of carbonyl (C=O) groups is 1. The van der Waals surface area contributed by atoms with Crippen LogP contribution in [0.3, 0.4) is 0 Å². The number of aliphatic hydroxyl groups is 1. The van der Waals surface area contributed by atoms with Crippen LogP contribution in [0.5, 0.6) is 0 Å². The molecule has 1 aliphatic rings. The molecule has 7 nitrogen and oxygen atoms in total. The van der Waals surface area contributed by atoms with E-state index in [-0.39, 0.29) is 17.6 Å². The Balaban J connectivity index is 2.09. The zero-order chi connectivity index (χ0) is 14.0. The molecular formula is C12H17N3O4. The van der Waals surface area contributed by atoms with E-state index >= 15 is 0 Å². The molecule has 1 amide bonds. The molecule has 0 saturated heterocycles. The predicted molar refractivity (Wildman–Crippen MR) is 68.0 cm³/mol. The molecule has 0 aliphatic heterocycles. The lowest BCUT2D eigenvalue weighted by Gasteiger charge is -2.08. The molecule has 0 spiro atoms. The van der Waals surface area contributed by atoms with E-state index in [1.54, 1.807) is 11.5 Å². The number of hydrogen-bond donors (Lipinski definition) is 2. The van der Waals surface area contributed by atoms with Crippen LogP contribution in [0.25, 0.3) is 0 Å². The fourth-order valence-electron chi connectivity index (χ4n) is 1.89. The van der Waals surface area contributed by atoms with Crippen LogP contribution >= 0.6 is 0 Å². The van der Waals surface area contributed by atoms with Gasteiger partial charge in [0.05, 0.1) is 17.2 Å². The highest BCUT2D eigenvalue weighted by molar-refractivity contribution is 5.93. The molecule has 1 aliphatic carbocycles. The number of aliphatic hydroxyl groups excluding tert-OH is 1. The molecule has 1 aromatic rings. The maximum Gasteiger partial charge on any atom is 0.287 e. The van der Waals surface area contributed by atoms with Crippen molar-refractivity contribution in [1.82, 2.24) is 9.88 Å². The smallest absolute Gasteiger partial charge is 0.287 e. The van der Waals surface area contributed by atoms with Gasteiger partial charge in [0, 0.05) is 18.7 Å². The molecular weight excluding hydrogens is 250 g/mol. The van der Waals surface area contributed by atoms with Crippen molar-refractivity contribution < 1.29 is 14.8 Å². The molecule has 1 saturated carbocycles. The molecule has 1 atom stereocenters. The van der Waals surface area contributed by atoms with E-state index in [0.717, 1.165) is 12.8 Å². The van der Waals surface area contributed by atoms with E-state index in [9.17, 15) is 14.9 Å². The van der Waals surface area contributed by atoms with Gasteiger partial charge in [-0.2, -0.15) is 0 Å². The van der Waals surface area contributed by atoms with Gasteiger partial charge >= 0.3 is 0 Å². The molecule has 2 N–H and O–H groups in total. The molecule has 1 unspecified atom stereocenters. The molecule has 2 rings (SSSR count). The van der Waals surface area contributed by atoms with Crippen LogP contribution < -0.4 is 5.32 Å². The monoisotopic (exact) mass is 267 g/mol. The molecule has 0 aromatic carbocycles. The minimum atomic E-state index is -0.495. The average Bonchev–Trinajstić information content (AvgIpc) is 3.07. The van der Waals surface area contributed by atoms with Crippen LogP contribution in [-0.2, 0) is 0 Å². The Kier molecular flexibility index (Phi) is 3.84. The highest BCUT2D eigenvalue weighted by Crippen LogP contribution is 2.37. The lowest BCUT2D eigenvalue weighted by atomic mass is 10.3. The van der Waals surface area contributed by atoms with Gasteiger partial charge in [-0.15, -0.1) is 0 Å². The van der Waals surface area contributed by atoms with Gasteiger partial charge in [0.2, 0.25) is 0 Å². The molecule has 0 bridgehead atoms. The average molecular weight is 267 g/mol. The zero-order valence-corrected chi connectivity index (χ0v) is 10.7. The first kappa shape index (κ1) is 13.5. The van der Waals surface area contributed by atoms with Gasteiger partial charge < -0.3 is 15.0 Å². The van der Waals surface area contributed by atoms with Gasteiger partial charge in [-0.05, 0) is 26.2 Å². The van der Waals surface area contributed by atoms with Gasteiger partial charge in [-0.1, -0.05) is 0 Å². The number of amides is 1. The summed E-state index contributed by atoms with van der Waals surface area (Å²) in [5.41, 5.74) is 0.257. The summed E-state index contributed by atoms with van der Waals surface area (Å²) in [6.45, 7) is 1.99. The Hall–Kier alpha value is -1.89. The van der Waals surface area contributed by atoms with Gasteiger partial charge in [-0.25, -0.2) is 0 Å². The Labute approximate surface area is 110 Å². The normalized spacial score (nSPS) is 16.1. The molecule has 19 heavy (non-hydrogen) atoms. The van der Waals surface area contributed by atoms with Crippen molar-refractivity contribution in [3.63, 3.8) is 0 Å². The molecule has 1 fully saturated rings. The fraction of sp³-hybridized carbons (Fsp3) is 0.583. The first-order valence-electron chi connectivity index (χ1n) is 6.31. The van der Waals surface area contributed by atoms with Gasteiger partial charge in [0.1, 0.15) is 5.69 Å². The number of rotatable bonds is 6. The lowest BCUT2D eigenvalue weighted by Crippen LogP contribution is -2.28. The van der Waals surface area contributed by atoms with Crippen molar-refractivity contribution in [1.29, 1.82) is 0 Å². The molecule has 104 valence electrons. The Morgan fingerprint density at radius 3 is 2.89 bits per heavy atom. The predicted octanol–water partition coefficient (Wildman–Crippen LogP) is 1.23. The van der Waals surface area contributed by atoms with Gasteiger partial charge in [0.15, 0.2) is 0 Å². The standard InChI is InChI=1S/C12H17N3O4/c1-8(16)4-5-13-12(17)11-6-10(15(18)19)7-14(11)9-2-3-9/h6-9,16H,2-5H2,1H3,(H,13,17). The number of hydrogen-bond acceptors (Lipinski definition) is 4. The first-order valence-corrected chi connectivity index (χ1v) is 6.31. The summed E-state index contributed by atoms with van der Waals surface area (Å²) in [5.74, 6) is -0.333. The van der Waals surface area contributed by atoms with Crippen molar-refractivity contribution in [3.8, 4) is 0 Å². The molecule has 1 heterocycles. The van der Waals surface area contributed by atoms with Crippen molar-refractivity contribution in [3.05, 3.63) is 28.1 Å². The summed E-state index contributed by atoms with van der Waals surface area (Å²) in [6, 6.07) is 1.50. The summed E-state index contributed by atoms with van der Waals surface area (Å²) in [4.78, 5) is 22.2. The minimum absolute atomic E-state index is 0.0624. The lowest BCUT2D eigenvalue weighted by molar-refractivity contribution is -0.384. The number of nitrogens with one attached hydrogen (secondary N) is 1. The van der Waals surface area contributed by atoms with E-state index in [0.29, 0.717) is 18.7 Å². The van der Waals surface area contributed by atoms with E-state index in [1.807, 2.05) is 0 Å². The highest BCUT2D eigenvalue weighted by atomic mass is 16.6. The largest absolute Gasteiger partial charge is 0.393 e. The molecule has 0 radical (unpaired) electrons. The maximum absolute atomic E-state index is 12.0. The second-order valence-corrected chi connectivity index (χ2v) is 4.87. The number of carbonyl (C=O) groups excluding carboxylic acids is 1. The van der Waals surface area contributed by atoms with Crippen LogP contribution in [0.2, 0.25) is 0 Å². The summed E-state index contributed by atoms with van der Waals surface area (Å²) >= 11 is 0. The zero-order valence-electron chi connectivity index (χ0n) is 10.7. The van der Waals surface area contributed by atoms with Crippen LogP contribution in [-0.4, -0.2) is 33.2 Å². The Bertz CT molecular complexity index is 491. The third-order valence-corrected chi connectivity index (χ3v) is 3.07. The van der Waals surface area contributed by atoms with Crippen LogP contribution in [0.15, 0.2) is 12.3 Å². The van der Waals surface area contributed by atoms with E-state index in [4.69, 9.17) is 5.11 Å². The summed E-state index contributed by atoms with van der Waals surface area (Å²) in [5, 5.41) is 22.5. The third-order valence-electron chi connectivity index (χ3n) is 3.07. The van der Waals surface area contributed by atoms with Crippen LogP contribution in [0.1, 0.15) is 42.7 Å². The van der Waals surface area contributed by atoms with Crippen LogP contribution in [0, 0.1) is 10.1 Å². The quantitative estimate of drug-likeness (QED) is 0.598. The van der Waals surface area contributed by atoms with Crippen molar-refractivity contribution in [2.75, 3.05) is 6.54 Å². The SMILES string of the molecule is CC(O)CCNC(=O)c1cc([N+](=O)[O-])cn1C1CC1. The minimum Gasteiger partial charge on any atom is -0.393 e. The number of nitro groups is 1. The summed E-state index contributed by atoms with van der Waals surface area (Å²) in [7, 11) is 0. The second-order valence-electron chi connectivity index (χ2n) is 4.87. The van der Waals surface area contributed by atoms with Crippen molar-refractivity contribution >= 4 is 11.6 Å². The van der Waals surface area contributed by atoms with E-state index in [2.05, 4.69) is 5.32 Å². The van der Waals surface area contributed by atoms with Gasteiger partial charge in [0.25, 0.3) is 11.6 Å².